The second-order valence-corrected chi connectivity index (χ2v) is 7.72. The molecule has 1 aliphatic heterocycles. The van der Waals surface area contributed by atoms with Gasteiger partial charge in [-0.2, -0.15) is 10.2 Å². The van der Waals surface area contributed by atoms with Gasteiger partial charge in [-0.25, -0.2) is 4.98 Å². The fraction of sp³-hybridized carbons (Fsp3) is 0.429. The van der Waals surface area contributed by atoms with Crippen molar-refractivity contribution in [3.05, 3.63) is 35.0 Å². The Bertz CT molecular complexity index is 982. The average molecular weight is 391 g/mol. The highest BCUT2D eigenvalue weighted by Gasteiger charge is 2.27. The molecule has 1 aromatic carbocycles. The van der Waals surface area contributed by atoms with E-state index in [1.54, 1.807) is 25.1 Å². The zero-order valence-electron chi connectivity index (χ0n) is 16.5. The third-order valence-electron chi connectivity index (χ3n) is 5.38. The smallest absolute Gasteiger partial charge is 0.229 e. The van der Waals surface area contributed by atoms with Gasteiger partial charge in [0.2, 0.25) is 11.9 Å². The largest absolute Gasteiger partial charge is 0.399 e. The van der Waals surface area contributed by atoms with Crippen LogP contribution in [0.3, 0.4) is 0 Å². The van der Waals surface area contributed by atoms with Crippen molar-refractivity contribution in [3.63, 3.8) is 0 Å². The van der Waals surface area contributed by atoms with Crippen LogP contribution in [0.25, 0.3) is 0 Å². The normalized spacial score (nSPS) is 18.1. The molecule has 150 valence electrons. The number of nitrogens with zero attached hydrogens (tertiary/aromatic N) is 4. The number of hydrogen-bond acceptors (Lipinski definition) is 7. The molecule has 4 N–H and O–H groups in total. The lowest BCUT2D eigenvalue weighted by atomic mass is 10.0. The third-order valence-corrected chi connectivity index (χ3v) is 5.38. The maximum Gasteiger partial charge on any atom is 0.229 e. The molecule has 0 unspecified atom stereocenters. The molecule has 29 heavy (non-hydrogen) atoms. The number of hydrogen-bond donors (Lipinski definition) is 3. The maximum absolute atomic E-state index is 11.5. The first-order valence-corrected chi connectivity index (χ1v) is 10.0. The molecule has 8 nitrogen and oxygen atoms in total. The predicted octanol–water partition coefficient (Wildman–Crippen LogP) is 2.27. The van der Waals surface area contributed by atoms with Crippen molar-refractivity contribution in [3.8, 4) is 6.07 Å². The number of nitriles is 1. The van der Waals surface area contributed by atoms with Gasteiger partial charge < -0.3 is 21.3 Å². The molecule has 2 heterocycles. The average Bonchev–Trinajstić information content (AvgIpc) is 3.15. The minimum absolute atomic E-state index is 0.00193. The molecule has 0 saturated carbocycles. The fourth-order valence-electron chi connectivity index (χ4n) is 4.22. The molecule has 0 bridgehead atoms. The fourth-order valence-corrected chi connectivity index (χ4v) is 4.22. The van der Waals surface area contributed by atoms with Crippen molar-refractivity contribution in [2.75, 3.05) is 29.0 Å². The van der Waals surface area contributed by atoms with Gasteiger partial charge in [0.1, 0.15) is 5.82 Å². The Hall–Kier alpha value is -3.34. The number of nitrogen functional groups attached to an aromatic ring is 1. The van der Waals surface area contributed by atoms with E-state index in [0.717, 1.165) is 56.7 Å². The van der Waals surface area contributed by atoms with Gasteiger partial charge in [-0.1, -0.05) is 0 Å². The molecule has 1 amide bonds. The number of piperidine rings is 1. The summed E-state index contributed by atoms with van der Waals surface area (Å²) in [6.45, 7) is 3.22. The second kappa shape index (κ2) is 7.95. The molecule has 8 heteroatoms. The number of anilines is 4. The number of nitrogens with one attached hydrogen (secondary N) is 2. The van der Waals surface area contributed by atoms with Crippen molar-refractivity contribution in [1.82, 2.24) is 15.3 Å². The predicted molar refractivity (Wildman–Crippen MR) is 112 cm³/mol. The summed E-state index contributed by atoms with van der Waals surface area (Å²) < 4.78 is 0. The van der Waals surface area contributed by atoms with Crippen LogP contribution in [-0.4, -0.2) is 35.0 Å². The van der Waals surface area contributed by atoms with E-state index < -0.39 is 0 Å². The van der Waals surface area contributed by atoms with Gasteiger partial charge in [0.15, 0.2) is 0 Å². The number of fused-ring (bicyclic) bond motifs is 1. The van der Waals surface area contributed by atoms with E-state index in [1.807, 2.05) is 0 Å². The molecular weight excluding hydrogens is 366 g/mol. The summed E-state index contributed by atoms with van der Waals surface area (Å²) in [4.78, 5) is 23.3. The molecule has 0 radical (unpaired) electrons. The lowest BCUT2D eigenvalue weighted by Gasteiger charge is -2.35. The van der Waals surface area contributed by atoms with E-state index in [-0.39, 0.29) is 11.9 Å². The van der Waals surface area contributed by atoms with Gasteiger partial charge in [-0.15, -0.1) is 0 Å². The van der Waals surface area contributed by atoms with Crippen LogP contribution >= 0.6 is 0 Å². The summed E-state index contributed by atoms with van der Waals surface area (Å²) >= 11 is 0. The molecule has 1 atom stereocenters. The Morgan fingerprint density at radius 3 is 2.93 bits per heavy atom. The minimum atomic E-state index is 0.00193. The summed E-state index contributed by atoms with van der Waals surface area (Å²) in [6.07, 6.45) is 4.97. The van der Waals surface area contributed by atoms with Gasteiger partial charge >= 0.3 is 0 Å². The van der Waals surface area contributed by atoms with E-state index in [2.05, 4.69) is 21.6 Å². The molecule has 4 rings (SSSR count). The van der Waals surface area contributed by atoms with Crippen molar-refractivity contribution in [2.24, 2.45) is 0 Å². The number of benzene rings is 1. The van der Waals surface area contributed by atoms with Crippen molar-refractivity contribution in [1.29, 1.82) is 5.26 Å². The third kappa shape index (κ3) is 4.24. The topological polar surface area (TPSA) is 120 Å². The lowest BCUT2D eigenvalue weighted by molar-refractivity contribution is -0.119. The van der Waals surface area contributed by atoms with Crippen LogP contribution < -0.4 is 21.3 Å². The van der Waals surface area contributed by atoms with Crippen molar-refractivity contribution < 1.29 is 4.79 Å². The van der Waals surface area contributed by atoms with Gasteiger partial charge in [-0.3, -0.25) is 4.79 Å². The summed E-state index contributed by atoms with van der Waals surface area (Å²) in [7, 11) is 0. The molecule has 1 aliphatic carbocycles. The van der Waals surface area contributed by atoms with Crippen LogP contribution in [0.1, 0.15) is 43.0 Å². The summed E-state index contributed by atoms with van der Waals surface area (Å²) in [5.74, 6) is 1.47. The minimum Gasteiger partial charge on any atom is -0.399 e. The molecule has 1 aromatic heterocycles. The Morgan fingerprint density at radius 2 is 2.14 bits per heavy atom. The van der Waals surface area contributed by atoms with Gasteiger partial charge in [0.05, 0.1) is 17.3 Å². The van der Waals surface area contributed by atoms with Gasteiger partial charge in [-0.05, 0) is 50.3 Å². The zero-order chi connectivity index (χ0) is 20.4. The monoisotopic (exact) mass is 391 g/mol. The highest BCUT2D eigenvalue weighted by Crippen LogP contribution is 2.32. The molecular formula is C21H25N7O. The number of aromatic nitrogens is 2. The Kier molecular flexibility index (Phi) is 5.21. The second-order valence-electron chi connectivity index (χ2n) is 7.72. The molecule has 2 aliphatic rings. The highest BCUT2D eigenvalue weighted by atomic mass is 16.1. The van der Waals surface area contributed by atoms with Crippen LogP contribution in [0.2, 0.25) is 0 Å². The quantitative estimate of drug-likeness (QED) is 0.684. The number of rotatable bonds is 4. The van der Waals surface area contributed by atoms with Crippen molar-refractivity contribution in [2.45, 2.75) is 45.1 Å². The van der Waals surface area contributed by atoms with Crippen LogP contribution in [0.15, 0.2) is 18.2 Å². The number of carbonyl (C=O) groups excluding carboxylic acids is 1. The van der Waals surface area contributed by atoms with E-state index >= 15 is 0 Å². The lowest BCUT2D eigenvalue weighted by Crippen LogP contribution is -2.47. The van der Waals surface area contributed by atoms with Crippen LogP contribution in [-0.2, 0) is 17.6 Å². The molecule has 2 aromatic rings. The maximum atomic E-state index is 11.5. The van der Waals surface area contributed by atoms with Crippen molar-refractivity contribution >= 4 is 29.0 Å². The number of aryl methyl sites for hydroxylation is 1. The summed E-state index contributed by atoms with van der Waals surface area (Å²) in [6, 6.07) is 7.39. The SMILES string of the molecule is CC(=O)N[C@@H]1CCCN(c2nc(Nc3cc(N)cc(C#N)c3)nc3c2CCC3)C1. The first kappa shape index (κ1) is 19.0. The standard InChI is InChI=1S/C21H25N7O/c1-13(29)24-16-4-3-7-28(12-16)20-18-5-2-6-19(18)26-21(27-20)25-17-9-14(11-22)8-15(23)10-17/h8-10,16H,2-7,12,23H2,1H3,(H,24,29)(H,25,26,27)/t16-/m1/s1. The van der Waals surface area contributed by atoms with E-state index in [0.29, 0.717) is 22.9 Å². The van der Waals surface area contributed by atoms with E-state index in [1.165, 1.54) is 5.56 Å². The Balaban J connectivity index is 1.63. The van der Waals surface area contributed by atoms with Crippen LogP contribution in [0, 0.1) is 11.3 Å². The Labute approximate surface area is 170 Å². The number of carbonyl (C=O) groups is 1. The summed E-state index contributed by atoms with van der Waals surface area (Å²) in [5, 5.41) is 15.4. The Morgan fingerprint density at radius 1 is 1.28 bits per heavy atom. The summed E-state index contributed by atoms with van der Waals surface area (Å²) in [5.41, 5.74) is 9.89. The van der Waals surface area contributed by atoms with Crippen LogP contribution in [0.5, 0.6) is 0 Å². The first-order chi connectivity index (χ1) is 14.0. The molecule has 0 spiro atoms. The number of nitrogens with two attached hydrogens (primary N) is 1. The van der Waals surface area contributed by atoms with E-state index in [4.69, 9.17) is 15.7 Å². The zero-order valence-corrected chi connectivity index (χ0v) is 16.5. The molecule has 1 fully saturated rings. The molecule has 1 saturated heterocycles. The van der Waals surface area contributed by atoms with E-state index in [9.17, 15) is 10.1 Å². The number of amides is 1. The first-order valence-electron chi connectivity index (χ1n) is 10.0. The highest BCUT2D eigenvalue weighted by molar-refractivity contribution is 5.73. The van der Waals surface area contributed by atoms with Crippen LogP contribution in [0.4, 0.5) is 23.1 Å². The van der Waals surface area contributed by atoms with Gasteiger partial charge in [0.25, 0.3) is 0 Å². The van der Waals surface area contributed by atoms with Gasteiger partial charge in [0, 0.05) is 43.0 Å².